The summed E-state index contributed by atoms with van der Waals surface area (Å²) in [6.07, 6.45) is 1.24. The van der Waals surface area contributed by atoms with E-state index in [0.717, 1.165) is 5.56 Å². The molecule has 1 unspecified atom stereocenters. The zero-order chi connectivity index (χ0) is 17.2. The van der Waals surface area contributed by atoms with Crippen LogP contribution in [-0.2, 0) is 10.2 Å². The first-order chi connectivity index (χ1) is 10.7. The van der Waals surface area contributed by atoms with Gasteiger partial charge in [0.1, 0.15) is 0 Å². The molecule has 2 rings (SSSR count). The second-order valence-corrected chi connectivity index (χ2v) is 7.52. The molecule has 0 aromatic heterocycles. The molecule has 4 heteroatoms. The molecule has 1 aromatic rings. The number of Topliss-reactive ketones (excluding diaryl/α,β-unsaturated/α-hetero) is 1. The Morgan fingerprint density at radius 1 is 1.13 bits per heavy atom. The van der Waals surface area contributed by atoms with Crippen molar-refractivity contribution in [3.05, 3.63) is 35.4 Å². The largest absolute Gasteiger partial charge is 0.481 e. The van der Waals surface area contributed by atoms with E-state index in [1.807, 2.05) is 31.2 Å². The Morgan fingerprint density at radius 3 is 2.09 bits per heavy atom. The van der Waals surface area contributed by atoms with Crippen LogP contribution in [0.3, 0.4) is 0 Å². The molecule has 126 valence electrons. The molecule has 1 aromatic carbocycles. The number of hydrogen-bond acceptors (Lipinski definition) is 3. The van der Waals surface area contributed by atoms with Crippen LogP contribution in [0.15, 0.2) is 24.3 Å². The Morgan fingerprint density at radius 2 is 1.65 bits per heavy atom. The Labute approximate surface area is 138 Å². The second-order valence-electron chi connectivity index (χ2n) is 7.52. The third-order valence-electron chi connectivity index (χ3n) is 4.84. The fraction of sp³-hybridized carbons (Fsp3) is 0.579. The molecule has 0 saturated carbocycles. The van der Waals surface area contributed by atoms with Gasteiger partial charge < -0.3 is 5.11 Å². The monoisotopic (exact) mass is 317 g/mol. The van der Waals surface area contributed by atoms with Gasteiger partial charge in [-0.3, -0.25) is 14.5 Å². The Balaban J connectivity index is 2.01. The van der Waals surface area contributed by atoms with Crippen LogP contribution in [0.5, 0.6) is 0 Å². The molecular formula is C19H27NO3. The summed E-state index contributed by atoms with van der Waals surface area (Å²) in [5.41, 5.74) is 2.01. The van der Waals surface area contributed by atoms with E-state index >= 15 is 0 Å². The van der Waals surface area contributed by atoms with Crippen LogP contribution in [0.25, 0.3) is 0 Å². The van der Waals surface area contributed by atoms with Gasteiger partial charge in [0.2, 0.25) is 0 Å². The minimum atomic E-state index is -0.721. The number of carbonyl (C=O) groups excluding carboxylic acids is 1. The van der Waals surface area contributed by atoms with Gasteiger partial charge in [0, 0.05) is 5.56 Å². The normalized spacial score (nSPS) is 18.6. The summed E-state index contributed by atoms with van der Waals surface area (Å²) in [4.78, 5) is 25.8. The summed E-state index contributed by atoms with van der Waals surface area (Å²) in [6.45, 7) is 9.71. The Kier molecular flexibility index (Phi) is 5.25. The number of aliphatic carboxylic acids is 1. The molecule has 1 heterocycles. The number of ketones is 1. The molecule has 1 saturated heterocycles. The van der Waals surface area contributed by atoms with E-state index in [1.54, 1.807) is 0 Å². The van der Waals surface area contributed by atoms with Gasteiger partial charge in [-0.05, 0) is 43.8 Å². The van der Waals surface area contributed by atoms with Gasteiger partial charge in [-0.15, -0.1) is 0 Å². The van der Waals surface area contributed by atoms with Crippen LogP contribution in [0.1, 0.15) is 56.5 Å². The maximum atomic E-state index is 12.7. The SMILES string of the molecule is CC(C(=O)c1ccc(C(C)(C)C)cc1)N1CCC(C(=O)O)CC1. The lowest BCUT2D eigenvalue weighted by Crippen LogP contribution is -2.45. The molecule has 0 bridgehead atoms. The van der Waals surface area contributed by atoms with Crippen LogP contribution in [0, 0.1) is 5.92 Å². The number of likely N-dealkylation sites (tertiary alicyclic amines) is 1. The van der Waals surface area contributed by atoms with Crippen molar-refractivity contribution < 1.29 is 14.7 Å². The van der Waals surface area contributed by atoms with Gasteiger partial charge in [0.15, 0.2) is 5.78 Å². The standard InChI is InChI=1S/C19H27NO3/c1-13(20-11-9-15(10-12-20)18(22)23)17(21)14-5-7-16(8-6-14)19(2,3)4/h5-8,13,15H,9-12H2,1-4H3,(H,22,23). The zero-order valence-electron chi connectivity index (χ0n) is 14.5. The van der Waals surface area contributed by atoms with Crippen LogP contribution >= 0.6 is 0 Å². The molecule has 23 heavy (non-hydrogen) atoms. The van der Waals surface area contributed by atoms with Crippen molar-refractivity contribution in [2.24, 2.45) is 5.92 Å². The minimum Gasteiger partial charge on any atom is -0.481 e. The van der Waals surface area contributed by atoms with Gasteiger partial charge >= 0.3 is 5.97 Å². The summed E-state index contributed by atoms with van der Waals surface area (Å²) >= 11 is 0. The number of rotatable bonds is 4. The van der Waals surface area contributed by atoms with Gasteiger partial charge in [-0.1, -0.05) is 45.0 Å². The average Bonchev–Trinajstić information content (AvgIpc) is 2.53. The van der Waals surface area contributed by atoms with E-state index in [0.29, 0.717) is 25.9 Å². The number of nitrogens with zero attached hydrogens (tertiary/aromatic N) is 1. The topological polar surface area (TPSA) is 57.6 Å². The van der Waals surface area contributed by atoms with Crippen LogP contribution in [-0.4, -0.2) is 40.9 Å². The third kappa shape index (κ3) is 4.20. The van der Waals surface area contributed by atoms with Gasteiger partial charge in [0.25, 0.3) is 0 Å². The molecule has 1 N–H and O–H groups in total. The maximum Gasteiger partial charge on any atom is 0.306 e. The number of benzene rings is 1. The number of piperidine rings is 1. The predicted molar refractivity (Wildman–Crippen MR) is 90.9 cm³/mol. The number of carbonyl (C=O) groups is 2. The van der Waals surface area contributed by atoms with Crippen molar-refractivity contribution in [1.29, 1.82) is 0 Å². The van der Waals surface area contributed by atoms with Gasteiger partial charge in [0.05, 0.1) is 12.0 Å². The molecule has 4 nitrogen and oxygen atoms in total. The summed E-state index contributed by atoms with van der Waals surface area (Å²) in [7, 11) is 0. The van der Waals surface area contributed by atoms with E-state index in [4.69, 9.17) is 5.11 Å². The smallest absolute Gasteiger partial charge is 0.306 e. The van der Waals surface area contributed by atoms with Gasteiger partial charge in [-0.2, -0.15) is 0 Å². The Hall–Kier alpha value is -1.68. The lowest BCUT2D eigenvalue weighted by Gasteiger charge is -2.34. The highest BCUT2D eigenvalue weighted by Gasteiger charge is 2.30. The maximum absolute atomic E-state index is 12.7. The highest BCUT2D eigenvalue weighted by Crippen LogP contribution is 2.24. The highest BCUT2D eigenvalue weighted by atomic mass is 16.4. The molecule has 1 aliphatic heterocycles. The Bertz CT molecular complexity index is 563. The lowest BCUT2D eigenvalue weighted by atomic mass is 9.86. The van der Waals surface area contributed by atoms with E-state index in [9.17, 15) is 9.59 Å². The molecule has 0 aliphatic carbocycles. The quantitative estimate of drug-likeness (QED) is 0.865. The van der Waals surface area contributed by atoms with E-state index in [1.165, 1.54) is 5.56 Å². The molecule has 0 amide bonds. The zero-order valence-corrected chi connectivity index (χ0v) is 14.5. The van der Waals surface area contributed by atoms with E-state index in [2.05, 4.69) is 25.7 Å². The molecule has 0 spiro atoms. The van der Waals surface area contributed by atoms with Crippen molar-refractivity contribution in [2.45, 2.75) is 52.0 Å². The molecule has 1 aliphatic rings. The van der Waals surface area contributed by atoms with Crippen molar-refractivity contribution in [1.82, 2.24) is 4.90 Å². The molecule has 0 radical (unpaired) electrons. The first kappa shape index (κ1) is 17.7. The van der Waals surface area contributed by atoms with Crippen LogP contribution in [0.2, 0.25) is 0 Å². The average molecular weight is 317 g/mol. The lowest BCUT2D eigenvalue weighted by molar-refractivity contribution is -0.143. The summed E-state index contributed by atoms with van der Waals surface area (Å²) < 4.78 is 0. The van der Waals surface area contributed by atoms with Crippen LogP contribution < -0.4 is 0 Å². The third-order valence-corrected chi connectivity index (χ3v) is 4.84. The number of carboxylic acid groups (broad SMARTS) is 1. The van der Waals surface area contributed by atoms with Crippen LogP contribution in [0.4, 0.5) is 0 Å². The number of hydrogen-bond donors (Lipinski definition) is 1. The summed E-state index contributed by atoms with van der Waals surface area (Å²) in [6, 6.07) is 7.66. The first-order valence-corrected chi connectivity index (χ1v) is 8.32. The second kappa shape index (κ2) is 6.83. The molecule has 1 atom stereocenters. The molecule has 1 fully saturated rings. The summed E-state index contributed by atoms with van der Waals surface area (Å²) in [5, 5.41) is 9.06. The summed E-state index contributed by atoms with van der Waals surface area (Å²) in [5.74, 6) is -0.875. The van der Waals surface area contributed by atoms with Gasteiger partial charge in [-0.25, -0.2) is 0 Å². The number of carboxylic acids is 1. The van der Waals surface area contributed by atoms with Crippen molar-refractivity contribution in [2.75, 3.05) is 13.1 Å². The predicted octanol–water partition coefficient (Wildman–Crippen LogP) is 3.35. The van der Waals surface area contributed by atoms with E-state index in [-0.39, 0.29) is 23.2 Å². The van der Waals surface area contributed by atoms with Crippen molar-refractivity contribution in [3.8, 4) is 0 Å². The van der Waals surface area contributed by atoms with Crippen molar-refractivity contribution in [3.63, 3.8) is 0 Å². The highest BCUT2D eigenvalue weighted by molar-refractivity contribution is 5.99. The fourth-order valence-corrected chi connectivity index (χ4v) is 3.08. The van der Waals surface area contributed by atoms with E-state index < -0.39 is 5.97 Å². The molecular weight excluding hydrogens is 290 g/mol. The fourth-order valence-electron chi connectivity index (χ4n) is 3.08. The van der Waals surface area contributed by atoms with Crippen molar-refractivity contribution >= 4 is 11.8 Å². The minimum absolute atomic E-state index is 0.0753. The first-order valence-electron chi connectivity index (χ1n) is 8.32.